The summed E-state index contributed by atoms with van der Waals surface area (Å²) >= 11 is 0. The highest BCUT2D eigenvalue weighted by molar-refractivity contribution is 5.78. The predicted molar refractivity (Wildman–Crippen MR) is 61.0 cm³/mol. The normalized spacial score (nSPS) is 12.5. The van der Waals surface area contributed by atoms with Gasteiger partial charge in [0.15, 0.2) is 0 Å². The van der Waals surface area contributed by atoms with Crippen molar-refractivity contribution >= 4 is 5.91 Å². The van der Waals surface area contributed by atoms with Crippen molar-refractivity contribution in [3.63, 3.8) is 0 Å². The van der Waals surface area contributed by atoms with Gasteiger partial charge in [0, 0.05) is 12.5 Å². The van der Waals surface area contributed by atoms with Gasteiger partial charge in [0.2, 0.25) is 5.91 Å². The Hall–Kier alpha value is -1.05. The Morgan fingerprint density at radius 1 is 1.43 bits per heavy atom. The standard InChI is InChI=1S/C12H21NO/c1-5-7-8-11(6-2)9-13-12(14)10(3)4/h5,7-8,10H,6,9H2,1-4H3,(H,13,14). The van der Waals surface area contributed by atoms with E-state index in [0.29, 0.717) is 6.54 Å². The van der Waals surface area contributed by atoms with E-state index in [0.717, 1.165) is 6.42 Å². The average Bonchev–Trinajstić information content (AvgIpc) is 2.17. The quantitative estimate of drug-likeness (QED) is 0.671. The third-order valence-corrected chi connectivity index (χ3v) is 1.99. The molecule has 0 unspecified atom stereocenters. The average molecular weight is 195 g/mol. The van der Waals surface area contributed by atoms with E-state index >= 15 is 0 Å². The van der Waals surface area contributed by atoms with Crippen molar-refractivity contribution in [2.75, 3.05) is 6.54 Å². The predicted octanol–water partition coefficient (Wildman–Crippen LogP) is 2.67. The van der Waals surface area contributed by atoms with E-state index in [1.807, 2.05) is 32.9 Å². The molecule has 0 aromatic heterocycles. The van der Waals surface area contributed by atoms with E-state index in [2.05, 4.69) is 18.3 Å². The second-order valence-electron chi connectivity index (χ2n) is 3.58. The maximum Gasteiger partial charge on any atom is 0.222 e. The minimum Gasteiger partial charge on any atom is -0.352 e. The minimum atomic E-state index is 0.0647. The Labute approximate surface area is 87.1 Å². The monoisotopic (exact) mass is 195 g/mol. The van der Waals surface area contributed by atoms with Crippen LogP contribution in [0.2, 0.25) is 0 Å². The number of allylic oxidation sites excluding steroid dienone is 3. The van der Waals surface area contributed by atoms with E-state index in [1.165, 1.54) is 5.57 Å². The van der Waals surface area contributed by atoms with Crippen LogP contribution < -0.4 is 5.32 Å². The Kier molecular flexibility index (Phi) is 6.81. The molecule has 14 heavy (non-hydrogen) atoms. The van der Waals surface area contributed by atoms with Gasteiger partial charge in [0.05, 0.1) is 0 Å². The topological polar surface area (TPSA) is 29.1 Å². The minimum absolute atomic E-state index is 0.0647. The lowest BCUT2D eigenvalue weighted by atomic mass is 10.1. The molecule has 0 saturated carbocycles. The molecule has 80 valence electrons. The van der Waals surface area contributed by atoms with Crippen LogP contribution in [-0.4, -0.2) is 12.5 Å². The van der Waals surface area contributed by atoms with Crippen LogP contribution in [0, 0.1) is 5.92 Å². The smallest absolute Gasteiger partial charge is 0.222 e. The number of rotatable bonds is 5. The molecule has 0 heterocycles. The summed E-state index contributed by atoms with van der Waals surface area (Å²) in [5.74, 6) is 0.180. The first-order valence-corrected chi connectivity index (χ1v) is 5.20. The van der Waals surface area contributed by atoms with Crippen LogP contribution in [0.5, 0.6) is 0 Å². The van der Waals surface area contributed by atoms with Crippen molar-refractivity contribution in [1.82, 2.24) is 5.32 Å². The molecule has 1 amide bonds. The van der Waals surface area contributed by atoms with E-state index in [9.17, 15) is 4.79 Å². The first-order chi connectivity index (χ1) is 6.61. The number of amides is 1. The van der Waals surface area contributed by atoms with Gasteiger partial charge in [-0.1, -0.05) is 44.6 Å². The fraction of sp³-hybridized carbons (Fsp3) is 0.583. The summed E-state index contributed by atoms with van der Waals surface area (Å²) in [6.07, 6.45) is 7.02. The van der Waals surface area contributed by atoms with Gasteiger partial charge in [-0.05, 0) is 13.3 Å². The maximum atomic E-state index is 11.3. The highest BCUT2D eigenvalue weighted by Crippen LogP contribution is 2.00. The Bertz CT molecular complexity index is 226. The summed E-state index contributed by atoms with van der Waals surface area (Å²) in [7, 11) is 0. The third-order valence-electron chi connectivity index (χ3n) is 1.99. The van der Waals surface area contributed by atoms with Crippen LogP contribution in [0.25, 0.3) is 0 Å². The molecule has 0 spiro atoms. The van der Waals surface area contributed by atoms with Crippen molar-refractivity contribution in [3.8, 4) is 0 Å². The van der Waals surface area contributed by atoms with Crippen LogP contribution in [0.4, 0.5) is 0 Å². The molecule has 0 aromatic carbocycles. The lowest BCUT2D eigenvalue weighted by Gasteiger charge is -2.08. The van der Waals surface area contributed by atoms with Gasteiger partial charge in [0.25, 0.3) is 0 Å². The lowest BCUT2D eigenvalue weighted by molar-refractivity contribution is -0.123. The molecule has 0 aliphatic heterocycles. The molecule has 0 rings (SSSR count). The van der Waals surface area contributed by atoms with E-state index in [4.69, 9.17) is 0 Å². The number of carbonyl (C=O) groups is 1. The molecule has 0 bridgehead atoms. The zero-order chi connectivity index (χ0) is 11.0. The largest absolute Gasteiger partial charge is 0.352 e. The second-order valence-corrected chi connectivity index (χ2v) is 3.58. The van der Waals surface area contributed by atoms with E-state index in [-0.39, 0.29) is 11.8 Å². The maximum absolute atomic E-state index is 11.3. The first kappa shape index (κ1) is 12.9. The van der Waals surface area contributed by atoms with Crippen molar-refractivity contribution in [3.05, 3.63) is 23.8 Å². The summed E-state index contributed by atoms with van der Waals surface area (Å²) in [4.78, 5) is 11.3. The zero-order valence-corrected chi connectivity index (χ0v) is 9.63. The molecule has 1 N–H and O–H groups in total. The molecule has 2 heteroatoms. The Morgan fingerprint density at radius 3 is 2.50 bits per heavy atom. The molecule has 0 atom stereocenters. The van der Waals surface area contributed by atoms with Crippen molar-refractivity contribution in [2.24, 2.45) is 5.92 Å². The lowest BCUT2D eigenvalue weighted by Crippen LogP contribution is -2.29. The number of hydrogen-bond donors (Lipinski definition) is 1. The molecule has 0 aromatic rings. The van der Waals surface area contributed by atoms with Crippen LogP contribution in [0.3, 0.4) is 0 Å². The number of hydrogen-bond acceptors (Lipinski definition) is 1. The Morgan fingerprint density at radius 2 is 2.07 bits per heavy atom. The molecule has 0 saturated heterocycles. The van der Waals surface area contributed by atoms with Gasteiger partial charge in [-0.3, -0.25) is 4.79 Å². The summed E-state index contributed by atoms with van der Waals surface area (Å²) in [6.45, 7) is 8.54. The van der Waals surface area contributed by atoms with Crippen LogP contribution in [0.15, 0.2) is 23.8 Å². The second kappa shape index (κ2) is 7.36. The van der Waals surface area contributed by atoms with Gasteiger partial charge in [-0.25, -0.2) is 0 Å². The van der Waals surface area contributed by atoms with E-state index in [1.54, 1.807) is 0 Å². The molecule has 0 aliphatic rings. The Balaban J connectivity index is 4.02. The van der Waals surface area contributed by atoms with Crippen molar-refractivity contribution in [2.45, 2.75) is 34.1 Å². The summed E-state index contributed by atoms with van der Waals surface area (Å²) in [5, 5.41) is 2.90. The van der Waals surface area contributed by atoms with E-state index < -0.39 is 0 Å². The third kappa shape index (κ3) is 5.57. The molecule has 0 radical (unpaired) electrons. The first-order valence-electron chi connectivity index (χ1n) is 5.20. The van der Waals surface area contributed by atoms with Crippen molar-refractivity contribution in [1.29, 1.82) is 0 Å². The van der Waals surface area contributed by atoms with Crippen LogP contribution >= 0.6 is 0 Å². The fourth-order valence-electron chi connectivity index (χ4n) is 0.939. The summed E-state index contributed by atoms with van der Waals surface area (Å²) in [6, 6.07) is 0. The molecule has 2 nitrogen and oxygen atoms in total. The SMILES string of the molecule is CC=CC=C(CC)CNC(=O)C(C)C. The number of carbonyl (C=O) groups excluding carboxylic acids is 1. The fourth-order valence-corrected chi connectivity index (χ4v) is 0.939. The van der Waals surface area contributed by atoms with Gasteiger partial charge >= 0.3 is 0 Å². The van der Waals surface area contributed by atoms with Gasteiger partial charge in [0.1, 0.15) is 0 Å². The summed E-state index contributed by atoms with van der Waals surface area (Å²) in [5.41, 5.74) is 1.25. The van der Waals surface area contributed by atoms with Crippen LogP contribution in [-0.2, 0) is 4.79 Å². The number of nitrogens with one attached hydrogen (secondary N) is 1. The molecular formula is C12H21NO. The van der Waals surface area contributed by atoms with Gasteiger partial charge in [-0.2, -0.15) is 0 Å². The molecule has 0 fully saturated rings. The van der Waals surface area contributed by atoms with Gasteiger partial charge < -0.3 is 5.32 Å². The molecule has 0 aliphatic carbocycles. The van der Waals surface area contributed by atoms with Gasteiger partial charge in [-0.15, -0.1) is 0 Å². The summed E-state index contributed by atoms with van der Waals surface area (Å²) < 4.78 is 0. The highest BCUT2D eigenvalue weighted by atomic mass is 16.1. The molecular weight excluding hydrogens is 174 g/mol. The van der Waals surface area contributed by atoms with Crippen molar-refractivity contribution < 1.29 is 4.79 Å². The van der Waals surface area contributed by atoms with Crippen LogP contribution in [0.1, 0.15) is 34.1 Å². The highest BCUT2D eigenvalue weighted by Gasteiger charge is 2.05. The zero-order valence-electron chi connectivity index (χ0n) is 9.63.